The normalized spacial score (nSPS) is 11.0. The maximum Gasteiger partial charge on any atom is 0.239 e. The molecule has 0 saturated carbocycles. The average Bonchev–Trinajstić information content (AvgIpc) is 2.51. The van der Waals surface area contributed by atoms with Crippen LogP contribution in [0.4, 0.5) is 15.8 Å². The third-order valence-electron chi connectivity index (χ3n) is 3.73. The van der Waals surface area contributed by atoms with Gasteiger partial charge in [0.05, 0.1) is 0 Å². The first kappa shape index (κ1) is 17.9. The molecule has 2 N–H and O–H groups in total. The van der Waals surface area contributed by atoms with Crippen LogP contribution in [0.2, 0.25) is 5.02 Å². The molecule has 0 aliphatic heterocycles. The van der Waals surface area contributed by atoms with E-state index >= 15 is 0 Å². The second-order valence-electron chi connectivity index (χ2n) is 5.96. The van der Waals surface area contributed by atoms with Gasteiger partial charge in [-0.1, -0.05) is 23.7 Å². The van der Waals surface area contributed by atoms with Gasteiger partial charge in [-0.15, -0.1) is 0 Å². The number of halogens is 2. The SMILES string of the molecule is Cc1c(Cl)cccc1NC(=O)C(C)(C)C(=O)Nc1cccc(F)c1. The summed E-state index contributed by atoms with van der Waals surface area (Å²) in [6.07, 6.45) is 0. The van der Waals surface area contributed by atoms with Crippen molar-refractivity contribution in [1.82, 2.24) is 0 Å². The second kappa shape index (κ2) is 7.01. The molecule has 126 valence electrons. The highest BCUT2D eigenvalue weighted by atomic mass is 35.5. The zero-order valence-corrected chi connectivity index (χ0v) is 14.4. The Bertz CT molecular complexity index is 790. The Balaban J connectivity index is 2.14. The Morgan fingerprint density at radius 3 is 2.33 bits per heavy atom. The number of carbonyl (C=O) groups is 2. The Labute approximate surface area is 145 Å². The molecule has 0 spiro atoms. The summed E-state index contributed by atoms with van der Waals surface area (Å²) in [7, 11) is 0. The van der Waals surface area contributed by atoms with Crippen LogP contribution in [0.3, 0.4) is 0 Å². The number of anilines is 2. The fraction of sp³-hybridized carbons (Fsp3) is 0.222. The van der Waals surface area contributed by atoms with Crippen LogP contribution < -0.4 is 10.6 Å². The highest BCUT2D eigenvalue weighted by Gasteiger charge is 2.36. The smallest absolute Gasteiger partial charge is 0.239 e. The molecule has 0 unspecified atom stereocenters. The Kier molecular flexibility index (Phi) is 5.24. The van der Waals surface area contributed by atoms with Crippen molar-refractivity contribution in [3.8, 4) is 0 Å². The Morgan fingerprint density at radius 1 is 1.04 bits per heavy atom. The molecule has 0 aromatic heterocycles. The van der Waals surface area contributed by atoms with Crippen molar-refractivity contribution in [2.24, 2.45) is 5.41 Å². The average molecular weight is 349 g/mol. The van der Waals surface area contributed by atoms with Gasteiger partial charge in [0.2, 0.25) is 11.8 Å². The maximum atomic E-state index is 13.2. The van der Waals surface area contributed by atoms with Crippen LogP contribution in [-0.2, 0) is 9.59 Å². The summed E-state index contributed by atoms with van der Waals surface area (Å²) in [5.41, 5.74) is 0.189. The number of amides is 2. The van der Waals surface area contributed by atoms with Crippen molar-refractivity contribution in [2.75, 3.05) is 10.6 Å². The monoisotopic (exact) mass is 348 g/mol. The minimum absolute atomic E-state index is 0.291. The first-order chi connectivity index (χ1) is 11.2. The summed E-state index contributed by atoms with van der Waals surface area (Å²) >= 11 is 6.03. The molecule has 0 fully saturated rings. The molecule has 4 nitrogen and oxygen atoms in total. The van der Waals surface area contributed by atoms with Gasteiger partial charge in [-0.3, -0.25) is 9.59 Å². The molecule has 0 saturated heterocycles. The van der Waals surface area contributed by atoms with E-state index in [2.05, 4.69) is 10.6 Å². The summed E-state index contributed by atoms with van der Waals surface area (Å²) in [4.78, 5) is 24.9. The number of nitrogens with one attached hydrogen (secondary N) is 2. The largest absolute Gasteiger partial charge is 0.325 e. The predicted octanol–water partition coefficient (Wildman–Crippen LogP) is 4.39. The molecule has 0 atom stereocenters. The van der Waals surface area contributed by atoms with E-state index in [1.807, 2.05) is 0 Å². The topological polar surface area (TPSA) is 58.2 Å². The molecule has 6 heteroatoms. The van der Waals surface area contributed by atoms with Crippen LogP contribution in [-0.4, -0.2) is 11.8 Å². The number of carbonyl (C=O) groups excluding carboxylic acids is 2. The summed E-state index contributed by atoms with van der Waals surface area (Å²) in [5, 5.41) is 5.78. The van der Waals surface area contributed by atoms with Gasteiger partial charge in [-0.05, 0) is 56.7 Å². The molecule has 0 heterocycles. The van der Waals surface area contributed by atoms with Crippen molar-refractivity contribution < 1.29 is 14.0 Å². The minimum Gasteiger partial charge on any atom is -0.325 e. The number of benzene rings is 2. The molecule has 2 aromatic carbocycles. The highest BCUT2D eigenvalue weighted by Crippen LogP contribution is 2.26. The molecule has 0 aliphatic carbocycles. The number of rotatable bonds is 4. The summed E-state index contributed by atoms with van der Waals surface area (Å²) in [5.74, 6) is -1.49. The lowest BCUT2D eigenvalue weighted by molar-refractivity contribution is -0.135. The molecular weight excluding hydrogens is 331 g/mol. The van der Waals surface area contributed by atoms with Gasteiger partial charge in [-0.25, -0.2) is 4.39 Å². The van der Waals surface area contributed by atoms with Gasteiger partial charge in [0.1, 0.15) is 11.2 Å². The quantitative estimate of drug-likeness (QED) is 0.805. The van der Waals surface area contributed by atoms with Crippen molar-refractivity contribution >= 4 is 34.8 Å². The molecule has 2 amide bonds. The van der Waals surface area contributed by atoms with Gasteiger partial charge in [0.15, 0.2) is 0 Å². The lowest BCUT2D eigenvalue weighted by atomic mass is 9.90. The van der Waals surface area contributed by atoms with E-state index in [0.29, 0.717) is 22.0 Å². The lowest BCUT2D eigenvalue weighted by Gasteiger charge is -2.23. The fourth-order valence-corrected chi connectivity index (χ4v) is 2.15. The third kappa shape index (κ3) is 3.92. The van der Waals surface area contributed by atoms with Gasteiger partial charge in [0, 0.05) is 16.4 Å². The predicted molar refractivity (Wildman–Crippen MR) is 93.6 cm³/mol. The molecule has 0 radical (unpaired) electrons. The van der Waals surface area contributed by atoms with Crippen LogP contribution in [0.15, 0.2) is 42.5 Å². The fourth-order valence-electron chi connectivity index (χ4n) is 1.98. The number of hydrogen-bond donors (Lipinski definition) is 2. The zero-order valence-electron chi connectivity index (χ0n) is 13.6. The van der Waals surface area contributed by atoms with Crippen LogP contribution in [0.5, 0.6) is 0 Å². The molecule has 24 heavy (non-hydrogen) atoms. The van der Waals surface area contributed by atoms with E-state index in [1.54, 1.807) is 31.2 Å². The molecule has 0 aliphatic rings. The van der Waals surface area contributed by atoms with Crippen LogP contribution >= 0.6 is 11.6 Å². The van der Waals surface area contributed by atoms with Crippen LogP contribution in [0, 0.1) is 18.2 Å². The van der Waals surface area contributed by atoms with E-state index in [-0.39, 0.29) is 0 Å². The highest BCUT2D eigenvalue weighted by molar-refractivity contribution is 6.31. The summed E-state index contributed by atoms with van der Waals surface area (Å²) in [6.45, 7) is 4.77. The van der Waals surface area contributed by atoms with Crippen molar-refractivity contribution in [1.29, 1.82) is 0 Å². The van der Waals surface area contributed by atoms with Gasteiger partial charge >= 0.3 is 0 Å². The number of hydrogen-bond acceptors (Lipinski definition) is 2. The molecule has 2 aromatic rings. The zero-order chi connectivity index (χ0) is 17.9. The first-order valence-electron chi connectivity index (χ1n) is 7.35. The molecule has 0 bridgehead atoms. The van der Waals surface area contributed by atoms with E-state index in [1.165, 1.54) is 32.0 Å². The van der Waals surface area contributed by atoms with Crippen LogP contribution in [0.1, 0.15) is 19.4 Å². The standard InChI is InChI=1S/C18H18ClFN2O2/c1-11-14(19)8-5-9-15(11)22-17(24)18(2,3)16(23)21-13-7-4-6-12(20)10-13/h4-10H,1-3H3,(H,21,23)(H,22,24). The first-order valence-corrected chi connectivity index (χ1v) is 7.73. The second-order valence-corrected chi connectivity index (χ2v) is 6.36. The van der Waals surface area contributed by atoms with E-state index in [9.17, 15) is 14.0 Å². The van der Waals surface area contributed by atoms with Gasteiger partial charge < -0.3 is 10.6 Å². The van der Waals surface area contributed by atoms with E-state index in [0.717, 1.165) is 0 Å². The van der Waals surface area contributed by atoms with Gasteiger partial charge in [-0.2, -0.15) is 0 Å². The Hall–Kier alpha value is -2.40. The van der Waals surface area contributed by atoms with E-state index < -0.39 is 23.0 Å². The maximum absolute atomic E-state index is 13.2. The van der Waals surface area contributed by atoms with Crippen molar-refractivity contribution in [2.45, 2.75) is 20.8 Å². The molecular formula is C18H18ClFN2O2. The molecule has 2 rings (SSSR count). The lowest BCUT2D eigenvalue weighted by Crippen LogP contribution is -2.41. The van der Waals surface area contributed by atoms with Gasteiger partial charge in [0.25, 0.3) is 0 Å². The minimum atomic E-state index is -1.36. The summed E-state index contributed by atoms with van der Waals surface area (Å²) < 4.78 is 13.2. The van der Waals surface area contributed by atoms with E-state index in [4.69, 9.17) is 11.6 Å². The Morgan fingerprint density at radius 2 is 1.67 bits per heavy atom. The van der Waals surface area contributed by atoms with Crippen LogP contribution in [0.25, 0.3) is 0 Å². The van der Waals surface area contributed by atoms with Crippen molar-refractivity contribution in [3.63, 3.8) is 0 Å². The summed E-state index contributed by atoms with van der Waals surface area (Å²) in [6, 6.07) is 10.6. The van der Waals surface area contributed by atoms with Crippen molar-refractivity contribution in [3.05, 3.63) is 58.9 Å². The third-order valence-corrected chi connectivity index (χ3v) is 4.14.